The fraction of sp³-hybridized carbons (Fsp3) is 0.769. The third kappa shape index (κ3) is 4.48. The van der Waals surface area contributed by atoms with Crippen LogP contribution in [0.3, 0.4) is 0 Å². The van der Waals surface area contributed by atoms with Gasteiger partial charge in [0.2, 0.25) is 0 Å². The van der Waals surface area contributed by atoms with Gasteiger partial charge in [0.25, 0.3) is 0 Å². The Morgan fingerprint density at radius 2 is 2.41 bits per heavy atom. The minimum atomic E-state index is 0.877. The van der Waals surface area contributed by atoms with E-state index in [1.54, 1.807) is 0 Å². The van der Waals surface area contributed by atoms with E-state index in [1.807, 2.05) is 12.5 Å². The highest BCUT2D eigenvalue weighted by atomic mass is 16.5. The number of rotatable bonds is 9. The van der Waals surface area contributed by atoms with Gasteiger partial charge in [0.05, 0.1) is 12.0 Å². The Kier molecular flexibility index (Phi) is 5.01. The maximum atomic E-state index is 5.58. The van der Waals surface area contributed by atoms with Crippen molar-refractivity contribution in [1.29, 1.82) is 0 Å². The molecule has 1 fully saturated rings. The molecule has 0 amide bonds. The zero-order valence-corrected chi connectivity index (χ0v) is 10.7. The van der Waals surface area contributed by atoms with E-state index in [1.165, 1.54) is 18.5 Å². The first-order valence-electron chi connectivity index (χ1n) is 6.67. The monoisotopic (exact) mass is 237 g/mol. The van der Waals surface area contributed by atoms with E-state index >= 15 is 0 Å². The first-order valence-corrected chi connectivity index (χ1v) is 6.67. The van der Waals surface area contributed by atoms with Gasteiger partial charge in [-0.3, -0.25) is 0 Å². The van der Waals surface area contributed by atoms with Gasteiger partial charge in [-0.1, -0.05) is 0 Å². The number of aryl methyl sites for hydroxylation is 1. The van der Waals surface area contributed by atoms with Crippen LogP contribution < -0.4 is 5.32 Å². The van der Waals surface area contributed by atoms with Gasteiger partial charge < -0.3 is 14.6 Å². The van der Waals surface area contributed by atoms with Crippen molar-refractivity contribution in [2.45, 2.75) is 39.3 Å². The van der Waals surface area contributed by atoms with Crippen molar-refractivity contribution < 1.29 is 4.74 Å². The third-order valence-electron chi connectivity index (χ3n) is 3.14. The molecule has 1 heterocycles. The summed E-state index contributed by atoms with van der Waals surface area (Å²) in [7, 11) is 0. The van der Waals surface area contributed by atoms with Crippen LogP contribution in [-0.2, 0) is 17.8 Å². The van der Waals surface area contributed by atoms with E-state index in [4.69, 9.17) is 4.74 Å². The van der Waals surface area contributed by atoms with Crippen LogP contribution in [0, 0.1) is 5.92 Å². The number of ether oxygens (including phenoxy) is 1. The molecule has 0 saturated heterocycles. The Bertz CT molecular complexity index is 320. The summed E-state index contributed by atoms with van der Waals surface area (Å²) in [4.78, 5) is 4.15. The van der Waals surface area contributed by atoms with Crippen molar-refractivity contribution >= 4 is 0 Å². The second-order valence-electron chi connectivity index (χ2n) is 4.72. The highest BCUT2D eigenvalue weighted by molar-refractivity contribution is 4.97. The molecule has 0 aromatic carbocycles. The lowest BCUT2D eigenvalue weighted by Crippen LogP contribution is -2.18. The van der Waals surface area contributed by atoms with Gasteiger partial charge >= 0.3 is 0 Å². The topological polar surface area (TPSA) is 39.1 Å². The molecule has 1 aromatic rings. The van der Waals surface area contributed by atoms with Crippen LogP contribution in [0.4, 0.5) is 0 Å². The van der Waals surface area contributed by atoms with Crippen molar-refractivity contribution in [3.8, 4) is 0 Å². The summed E-state index contributed by atoms with van der Waals surface area (Å²) in [5, 5.41) is 3.43. The van der Waals surface area contributed by atoms with Crippen LogP contribution in [0.15, 0.2) is 12.5 Å². The van der Waals surface area contributed by atoms with Crippen molar-refractivity contribution in [2.75, 3.05) is 19.8 Å². The molecule has 0 unspecified atom stereocenters. The van der Waals surface area contributed by atoms with Crippen LogP contribution in [0.5, 0.6) is 0 Å². The SMILES string of the molecule is CCn1cncc1CNCCCOCC1CC1. The molecule has 1 aromatic heterocycles. The minimum absolute atomic E-state index is 0.877. The second kappa shape index (κ2) is 6.77. The lowest BCUT2D eigenvalue weighted by Gasteiger charge is -2.07. The molecule has 17 heavy (non-hydrogen) atoms. The van der Waals surface area contributed by atoms with E-state index < -0.39 is 0 Å². The van der Waals surface area contributed by atoms with Gasteiger partial charge in [-0.15, -0.1) is 0 Å². The highest BCUT2D eigenvalue weighted by Gasteiger charge is 2.20. The maximum Gasteiger partial charge on any atom is 0.0948 e. The molecule has 4 nitrogen and oxygen atoms in total. The van der Waals surface area contributed by atoms with Gasteiger partial charge in [0.15, 0.2) is 0 Å². The summed E-state index contributed by atoms with van der Waals surface area (Å²) >= 11 is 0. The Labute approximate surface area is 103 Å². The van der Waals surface area contributed by atoms with Crippen molar-refractivity contribution in [3.63, 3.8) is 0 Å². The second-order valence-corrected chi connectivity index (χ2v) is 4.72. The van der Waals surface area contributed by atoms with E-state index in [0.29, 0.717) is 0 Å². The molecule has 1 aliphatic carbocycles. The minimum Gasteiger partial charge on any atom is -0.381 e. The fourth-order valence-corrected chi connectivity index (χ4v) is 1.83. The lowest BCUT2D eigenvalue weighted by molar-refractivity contribution is 0.122. The van der Waals surface area contributed by atoms with Crippen LogP contribution in [-0.4, -0.2) is 29.3 Å². The number of imidazole rings is 1. The molecule has 1 saturated carbocycles. The predicted molar refractivity (Wildman–Crippen MR) is 67.8 cm³/mol. The molecular weight excluding hydrogens is 214 g/mol. The predicted octanol–water partition coefficient (Wildman–Crippen LogP) is 1.81. The average Bonchev–Trinajstić information content (AvgIpc) is 3.05. The fourth-order valence-electron chi connectivity index (χ4n) is 1.83. The molecule has 1 aliphatic rings. The van der Waals surface area contributed by atoms with Crippen LogP contribution in [0.1, 0.15) is 31.9 Å². The smallest absolute Gasteiger partial charge is 0.0948 e. The number of nitrogens with zero attached hydrogens (tertiary/aromatic N) is 2. The summed E-state index contributed by atoms with van der Waals surface area (Å²) in [6.45, 7) is 6.90. The number of nitrogens with one attached hydrogen (secondary N) is 1. The maximum absolute atomic E-state index is 5.58. The largest absolute Gasteiger partial charge is 0.381 e. The molecule has 0 aliphatic heterocycles. The Morgan fingerprint density at radius 3 is 3.18 bits per heavy atom. The van der Waals surface area contributed by atoms with Crippen LogP contribution in [0.25, 0.3) is 0 Å². The molecule has 4 heteroatoms. The van der Waals surface area contributed by atoms with Crippen molar-refractivity contribution in [2.24, 2.45) is 5.92 Å². The van der Waals surface area contributed by atoms with Gasteiger partial charge in [0, 0.05) is 32.5 Å². The quantitative estimate of drug-likeness (QED) is 0.666. The van der Waals surface area contributed by atoms with Gasteiger partial charge in [-0.25, -0.2) is 4.98 Å². The molecule has 0 radical (unpaired) electrons. The van der Waals surface area contributed by atoms with E-state index in [9.17, 15) is 0 Å². The summed E-state index contributed by atoms with van der Waals surface area (Å²) < 4.78 is 7.75. The van der Waals surface area contributed by atoms with Crippen molar-refractivity contribution in [3.05, 3.63) is 18.2 Å². The number of aromatic nitrogens is 2. The first-order chi connectivity index (χ1) is 8.40. The molecule has 0 atom stereocenters. The van der Waals surface area contributed by atoms with Gasteiger partial charge in [0.1, 0.15) is 0 Å². The summed E-state index contributed by atoms with van der Waals surface area (Å²) in [6, 6.07) is 0. The first kappa shape index (κ1) is 12.6. The molecule has 0 bridgehead atoms. The third-order valence-corrected chi connectivity index (χ3v) is 3.14. The molecule has 96 valence electrons. The van der Waals surface area contributed by atoms with E-state index in [2.05, 4.69) is 21.8 Å². The van der Waals surface area contributed by atoms with E-state index in [-0.39, 0.29) is 0 Å². The zero-order chi connectivity index (χ0) is 11.9. The lowest BCUT2D eigenvalue weighted by atomic mass is 10.4. The van der Waals surface area contributed by atoms with Gasteiger partial charge in [-0.05, 0) is 38.6 Å². The number of hydrogen-bond acceptors (Lipinski definition) is 3. The summed E-state index contributed by atoms with van der Waals surface area (Å²) in [5.74, 6) is 0.877. The molecule has 2 rings (SSSR count). The Balaban J connectivity index is 1.47. The highest BCUT2D eigenvalue weighted by Crippen LogP contribution is 2.28. The Hall–Kier alpha value is -0.870. The summed E-state index contributed by atoms with van der Waals surface area (Å²) in [6.07, 6.45) is 7.65. The number of hydrogen-bond donors (Lipinski definition) is 1. The average molecular weight is 237 g/mol. The normalized spacial score (nSPS) is 15.4. The Morgan fingerprint density at radius 1 is 1.53 bits per heavy atom. The van der Waals surface area contributed by atoms with Crippen LogP contribution in [0.2, 0.25) is 0 Å². The molecular formula is C13H23N3O. The van der Waals surface area contributed by atoms with Crippen molar-refractivity contribution in [1.82, 2.24) is 14.9 Å². The molecule has 0 spiro atoms. The standard InChI is InChI=1S/C13H23N3O/c1-2-16-11-15-9-13(16)8-14-6-3-7-17-10-12-4-5-12/h9,11-12,14H,2-8,10H2,1H3. The molecule has 1 N–H and O–H groups in total. The van der Waals surface area contributed by atoms with Crippen LogP contribution >= 0.6 is 0 Å². The van der Waals surface area contributed by atoms with E-state index in [0.717, 1.165) is 45.2 Å². The summed E-state index contributed by atoms with van der Waals surface area (Å²) in [5.41, 5.74) is 1.26. The zero-order valence-electron chi connectivity index (χ0n) is 10.7. The van der Waals surface area contributed by atoms with Gasteiger partial charge in [-0.2, -0.15) is 0 Å².